The van der Waals surface area contributed by atoms with Gasteiger partial charge < -0.3 is 9.47 Å². The van der Waals surface area contributed by atoms with Gasteiger partial charge in [0, 0.05) is 19.6 Å². The van der Waals surface area contributed by atoms with Crippen LogP contribution in [0.2, 0.25) is 0 Å². The first-order valence-corrected chi connectivity index (χ1v) is 5.24. The first-order valence-electron chi connectivity index (χ1n) is 5.24. The average Bonchev–Trinajstić information content (AvgIpc) is 2.24. The van der Waals surface area contributed by atoms with Crippen LogP contribution in [-0.4, -0.2) is 49.8 Å². The van der Waals surface area contributed by atoms with Crippen LogP contribution in [0, 0.1) is 0 Å². The van der Waals surface area contributed by atoms with E-state index in [0.717, 1.165) is 19.5 Å². The van der Waals surface area contributed by atoms with Crippen molar-refractivity contribution in [2.75, 3.05) is 26.7 Å². The molecule has 4 nitrogen and oxygen atoms in total. The molecule has 0 saturated carbocycles. The number of carbonyl (C=O) groups is 1. The summed E-state index contributed by atoms with van der Waals surface area (Å²) in [6.45, 7) is 8.05. The smallest absolute Gasteiger partial charge is 0.336 e. The molecule has 0 aromatic carbocycles. The van der Waals surface area contributed by atoms with Crippen LogP contribution >= 0.6 is 0 Å². The van der Waals surface area contributed by atoms with Crippen molar-refractivity contribution in [3.05, 3.63) is 12.7 Å². The summed E-state index contributed by atoms with van der Waals surface area (Å²) in [5, 5.41) is 0. The topological polar surface area (TPSA) is 38.8 Å². The summed E-state index contributed by atoms with van der Waals surface area (Å²) >= 11 is 0. The first kappa shape index (κ1) is 12.2. The highest BCUT2D eigenvalue weighted by Gasteiger charge is 2.30. The molecule has 0 aromatic heterocycles. The van der Waals surface area contributed by atoms with Gasteiger partial charge >= 0.3 is 5.97 Å². The Morgan fingerprint density at radius 1 is 1.67 bits per heavy atom. The molecule has 86 valence electrons. The molecule has 0 aromatic rings. The molecule has 2 atom stereocenters. The van der Waals surface area contributed by atoms with Crippen LogP contribution in [0.25, 0.3) is 0 Å². The minimum Gasteiger partial charge on any atom is -0.467 e. The molecule has 1 aliphatic rings. The summed E-state index contributed by atoms with van der Waals surface area (Å²) < 4.78 is 10.2. The lowest BCUT2D eigenvalue weighted by atomic mass is 10.2. The molecular weight excluding hydrogens is 194 g/mol. The zero-order chi connectivity index (χ0) is 11.3. The van der Waals surface area contributed by atoms with Gasteiger partial charge in [0.2, 0.25) is 0 Å². The van der Waals surface area contributed by atoms with Gasteiger partial charge in [-0.05, 0) is 13.3 Å². The molecule has 0 aliphatic carbocycles. The number of rotatable bonds is 4. The monoisotopic (exact) mass is 213 g/mol. The van der Waals surface area contributed by atoms with E-state index in [4.69, 9.17) is 4.74 Å². The second-order valence-corrected chi connectivity index (χ2v) is 3.80. The van der Waals surface area contributed by atoms with E-state index < -0.39 is 6.10 Å². The van der Waals surface area contributed by atoms with Crippen molar-refractivity contribution >= 4 is 5.97 Å². The van der Waals surface area contributed by atoms with Gasteiger partial charge in [-0.15, -0.1) is 6.58 Å². The number of hydrogen-bond acceptors (Lipinski definition) is 4. The fourth-order valence-corrected chi connectivity index (χ4v) is 1.76. The van der Waals surface area contributed by atoms with E-state index in [1.54, 1.807) is 0 Å². The number of carbonyl (C=O) groups excluding carboxylic acids is 1. The maximum atomic E-state index is 11.3. The standard InChI is InChI=1S/C11H19NO3/c1-4-5-6-12-7-9(2)15-10(8-12)11(13)14-3/h4,9-10H,1,5-8H2,2-3H3/t9-,10-/m1/s1. The molecule has 0 unspecified atom stereocenters. The fraction of sp³-hybridized carbons (Fsp3) is 0.727. The van der Waals surface area contributed by atoms with E-state index in [0.29, 0.717) is 6.54 Å². The van der Waals surface area contributed by atoms with Crippen molar-refractivity contribution in [1.82, 2.24) is 4.90 Å². The lowest BCUT2D eigenvalue weighted by Crippen LogP contribution is -2.50. The van der Waals surface area contributed by atoms with Crippen molar-refractivity contribution in [3.8, 4) is 0 Å². The molecule has 1 heterocycles. The number of nitrogens with zero attached hydrogens (tertiary/aromatic N) is 1. The second-order valence-electron chi connectivity index (χ2n) is 3.80. The van der Waals surface area contributed by atoms with E-state index in [2.05, 4.69) is 16.2 Å². The van der Waals surface area contributed by atoms with Crippen LogP contribution in [0.3, 0.4) is 0 Å². The third kappa shape index (κ3) is 3.64. The summed E-state index contributed by atoms with van der Waals surface area (Å²) in [6, 6.07) is 0. The highest BCUT2D eigenvalue weighted by atomic mass is 16.6. The Labute approximate surface area is 90.8 Å². The van der Waals surface area contributed by atoms with E-state index in [9.17, 15) is 4.79 Å². The molecular formula is C11H19NO3. The van der Waals surface area contributed by atoms with Crippen LogP contribution in [0.1, 0.15) is 13.3 Å². The van der Waals surface area contributed by atoms with Gasteiger partial charge in [0.1, 0.15) is 0 Å². The van der Waals surface area contributed by atoms with Crippen LogP contribution in [0.15, 0.2) is 12.7 Å². The van der Waals surface area contributed by atoms with E-state index in [1.807, 2.05) is 13.0 Å². The lowest BCUT2D eigenvalue weighted by molar-refractivity contribution is -0.166. The van der Waals surface area contributed by atoms with Crippen molar-refractivity contribution < 1.29 is 14.3 Å². The predicted molar refractivity (Wildman–Crippen MR) is 57.6 cm³/mol. The first-order chi connectivity index (χ1) is 7.17. The van der Waals surface area contributed by atoms with Gasteiger partial charge in [-0.25, -0.2) is 4.79 Å². The number of methoxy groups -OCH3 is 1. The molecule has 4 heteroatoms. The van der Waals surface area contributed by atoms with Crippen molar-refractivity contribution in [1.29, 1.82) is 0 Å². The highest BCUT2D eigenvalue weighted by molar-refractivity contribution is 5.74. The molecule has 0 N–H and O–H groups in total. The quantitative estimate of drug-likeness (QED) is 0.512. The van der Waals surface area contributed by atoms with Gasteiger partial charge in [-0.3, -0.25) is 4.90 Å². The van der Waals surface area contributed by atoms with E-state index in [-0.39, 0.29) is 12.1 Å². The van der Waals surface area contributed by atoms with Crippen LogP contribution in [-0.2, 0) is 14.3 Å². The minimum atomic E-state index is -0.441. The third-order valence-electron chi connectivity index (χ3n) is 2.45. The molecule has 1 aliphatic heterocycles. The third-order valence-corrected chi connectivity index (χ3v) is 2.45. The summed E-state index contributed by atoms with van der Waals surface area (Å²) in [5.41, 5.74) is 0. The molecule has 0 spiro atoms. The fourth-order valence-electron chi connectivity index (χ4n) is 1.76. The summed E-state index contributed by atoms with van der Waals surface area (Å²) in [7, 11) is 1.39. The molecule has 15 heavy (non-hydrogen) atoms. The van der Waals surface area contributed by atoms with Crippen molar-refractivity contribution in [2.24, 2.45) is 0 Å². The lowest BCUT2D eigenvalue weighted by Gasteiger charge is -2.35. The Kier molecular flexibility index (Phi) is 4.78. The Balaban J connectivity index is 2.47. The number of ether oxygens (including phenoxy) is 2. The van der Waals surface area contributed by atoms with Crippen molar-refractivity contribution in [2.45, 2.75) is 25.6 Å². The number of morpholine rings is 1. The molecule has 1 saturated heterocycles. The zero-order valence-electron chi connectivity index (χ0n) is 9.44. The predicted octanol–water partition coefficient (Wildman–Crippen LogP) is 0.825. The van der Waals surface area contributed by atoms with Gasteiger partial charge in [-0.1, -0.05) is 6.08 Å². The van der Waals surface area contributed by atoms with Crippen molar-refractivity contribution in [3.63, 3.8) is 0 Å². The molecule has 0 amide bonds. The van der Waals surface area contributed by atoms with Crippen LogP contribution < -0.4 is 0 Å². The minimum absolute atomic E-state index is 0.0765. The Morgan fingerprint density at radius 2 is 2.40 bits per heavy atom. The summed E-state index contributed by atoms with van der Waals surface area (Å²) in [6.07, 6.45) is 2.45. The summed E-state index contributed by atoms with van der Waals surface area (Å²) in [5.74, 6) is -0.287. The Hall–Kier alpha value is -0.870. The highest BCUT2D eigenvalue weighted by Crippen LogP contribution is 2.12. The number of hydrogen-bond donors (Lipinski definition) is 0. The number of esters is 1. The second kappa shape index (κ2) is 5.88. The average molecular weight is 213 g/mol. The van der Waals surface area contributed by atoms with Gasteiger partial charge in [0.25, 0.3) is 0 Å². The van der Waals surface area contributed by atoms with Crippen LogP contribution in [0.5, 0.6) is 0 Å². The van der Waals surface area contributed by atoms with E-state index in [1.165, 1.54) is 7.11 Å². The Morgan fingerprint density at radius 3 is 3.00 bits per heavy atom. The van der Waals surface area contributed by atoms with Gasteiger partial charge in [0.15, 0.2) is 6.10 Å². The Bertz CT molecular complexity index is 230. The molecule has 0 radical (unpaired) electrons. The summed E-state index contributed by atoms with van der Waals surface area (Å²) in [4.78, 5) is 13.5. The van der Waals surface area contributed by atoms with Gasteiger partial charge in [0.05, 0.1) is 13.2 Å². The van der Waals surface area contributed by atoms with Crippen LogP contribution in [0.4, 0.5) is 0 Å². The zero-order valence-corrected chi connectivity index (χ0v) is 9.44. The maximum Gasteiger partial charge on any atom is 0.336 e. The SMILES string of the molecule is C=CCCN1C[C@@H](C)O[C@@H](C(=O)OC)C1. The molecule has 1 rings (SSSR count). The maximum absolute atomic E-state index is 11.3. The molecule has 0 bridgehead atoms. The molecule has 1 fully saturated rings. The van der Waals surface area contributed by atoms with Gasteiger partial charge in [-0.2, -0.15) is 0 Å². The largest absolute Gasteiger partial charge is 0.467 e. The normalized spacial score (nSPS) is 27.3. The van der Waals surface area contributed by atoms with E-state index >= 15 is 0 Å².